The molecule has 0 aliphatic carbocycles. The van der Waals surface area contributed by atoms with Gasteiger partial charge < -0.3 is 38.5 Å². The Morgan fingerprint density at radius 1 is 0.424 bits per heavy atom. The zero-order valence-corrected chi connectivity index (χ0v) is 38.6. The summed E-state index contributed by atoms with van der Waals surface area (Å²) in [5.41, 5.74) is 7.48. The third-order valence-corrected chi connectivity index (χ3v) is 10.5. The normalized spacial score (nSPS) is 11.1. The molecule has 66 heavy (non-hydrogen) atoms. The topological polar surface area (TPSA) is 113 Å². The molecule has 0 saturated heterocycles. The van der Waals surface area contributed by atoms with Gasteiger partial charge in [0.25, 0.3) is 12.7 Å². The third-order valence-electron chi connectivity index (χ3n) is 10.5. The van der Waals surface area contributed by atoms with Crippen molar-refractivity contribution in [2.24, 2.45) is 0 Å². The minimum Gasteiger partial charge on any atom is -0.509 e. The average molecular weight is 1220 g/mol. The van der Waals surface area contributed by atoms with E-state index in [9.17, 15) is 0 Å². The van der Waals surface area contributed by atoms with E-state index in [4.69, 9.17) is 19.4 Å². The minimum absolute atomic E-state index is 0. The molecule has 322 valence electrons. The van der Waals surface area contributed by atoms with Gasteiger partial charge in [0, 0.05) is 65.1 Å². The predicted octanol–water partition coefficient (Wildman–Crippen LogP) is 8.85. The van der Waals surface area contributed by atoms with Gasteiger partial charge in [-0.2, -0.15) is 12.1 Å². The summed E-state index contributed by atoms with van der Waals surface area (Å²) in [4.78, 5) is 27.8. The summed E-state index contributed by atoms with van der Waals surface area (Å²) < 4.78 is 20.2. The van der Waals surface area contributed by atoms with Crippen molar-refractivity contribution < 1.29 is 60.7 Å². The Balaban J connectivity index is 0.00000256. The number of hydrogen-bond acceptors (Lipinski definition) is 8. The van der Waals surface area contributed by atoms with Crippen molar-refractivity contribution >= 4 is 43.9 Å². The van der Waals surface area contributed by atoms with Crippen LogP contribution in [-0.4, -0.2) is 39.0 Å². The van der Waals surface area contributed by atoms with Crippen LogP contribution in [0.3, 0.4) is 0 Å². The van der Waals surface area contributed by atoms with Crippen molar-refractivity contribution in [3.63, 3.8) is 0 Å². The fourth-order valence-electron chi connectivity index (χ4n) is 7.58. The monoisotopic (exact) mass is 1210 g/mol. The maximum Gasteiger partial charge on any atom is 0.269 e. The summed E-state index contributed by atoms with van der Waals surface area (Å²) in [6.07, 6.45) is 16.7. The number of para-hydroxylation sites is 6. The Hall–Kier alpha value is -7.78. The largest absolute Gasteiger partial charge is 0.509 e. The van der Waals surface area contributed by atoms with E-state index in [-0.39, 0.29) is 42.1 Å². The number of aromatic nitrogens is 10. The average Bonchev–Trinajstić information content (AvgIpc) is 3.94. The number of benzene rings is 4. The van der Waals surface area contributed by atoms with Crippen LogP contribution in [0, 0.1) is 36.9 Å². The quantitative estimate of drug-likeness (QED) is 0.104. The first-order chi connectivity index (χ1) is 31.7. The van der Waals surface area contributed by atoms with Gasteiger partial charge in [0.05, 0.1) is 33.1 Å². The Morgan fingerprint density at radius 3 is 1.35 bits per heavy atom. The summed E-state index contributed by atoms with van der Waals surface area (Å²) in [7, 11) is 0. The molecule has 0 aliphatic rings. The molecule has 14 heteroatoms. The van der Waals surface area contributed by atoms with E-state index in [1.54, 1.807) is 49.3 Å². The number of pyridine rings is 6. The molecule has 0 aliphatic heterocycles. The van der Waals surface area contributed by atoms with Gasteiger partial charge in [0.2, 0.25) is 0 Å². The SMILES string of the molecule is [Pt].[Pt].[c-]1c(Oc2[c-]c(-c3[c-]c(Oc4[c-]c(-[n+]5[c-]n(-c6ccc7ccccc7n6)c6ccccc65)cnc4)ccn3)ncc2)cncc1-[n+]1[c-]n(-c2ccc3ccccc3n2)c2ccccc21. The van der Waals surface area contributed by atoms with Gasteiger partial charge in [-0.3, -0.25) is 9.13 Å². The van der Waals surface area contributed by atoms with Crippen molar-refractivity contribution in [1.82, 2.24) is 39.0 Å². The number of fused-ring (bicyclic) bond motifs is 4. The number of ether oxygens (including phenoxy) is 2. The van der Waals surface area contributed by atoms with Crippen LogP contribution in [0.4, 0.5) is 0 Å². The number of rotatable bonds is 9. The second-order valence-corrected chi connectivity index (χ2v) is 14.6. The Bertz CT molecular complexity index is 3500. The molecule has 0 atom stereocenters. The van der Waals surface area contributed by atoms with Crippen LogP contribution in [0.2, 0.25) is 0 Å². The third kappa shape index (κ3) is 8.02. The first-order valence-corrected chi connectivity index (χ1v) is 20.2. The van der Waals surface area contributed by atoms with E-state index in [0.29, 0.717) is 45.8 Å². The first kappa shape index (κ1) is 42.2. The Morgan fingerprint density at radius 2 is 0.864 bits per heavy atom. The molecule has 0 radical (unpaired) electrons. The van der Waals surface area contributed by atoms with Crippen LogP contribution in [-0.2, 0) is 42.1 Å². The molecule has 0 spiro atoms. The first-order valence-electron chi connectivity index (χ1n) is 20.2. The number of hydrogen-bond donors (Lipinski definition) is 0. The molecule has 12 rings (SSSR count). The van der Waals surface area contributed by atoms with Gasteiger partial charge in [0.1, 0.15) is 0 Å². The van der Waals surface area contributed by atoms with Crippen molar-refractivity contribution in [3.05, 3.63) is 208 Å². The Labute approximate surface area is 406 Å². The van der Waals surface area contributed by atoms with E-state index in [0.717, 1.165) is 55.5 Å². The van der Waals surface area contributed by atoms with Gasteiger partial charge in [0.15, 0.2) is 11.6 Å². The van der Waals surface area contributed by atoms with Gasteiger partial charge in [-0.15, -0.1) is 35.7 Å². The number of nitrogens with zero attached hydrogens (tertiary/aromatic N) is 10. The second-order valence-electron chi connectivity index (χ2n) is 14.6. The Kier molecular flexibility index (Phi) is 11.5. The van der Waals surface area contributed by atoms with Gasteiger partial charge in [-0.05, 0) is 71.2 Å². The molecule has 0 N–H and O–H groups in total. The van der Waals surface area contributed by atoms with Gasteiger partial charge in [-0.25, -0.2) is 9.97 Å². The smallest absolute Gasteiger partial charge is 0.269 e. The molecular formula is C52H28N10O2Pt2-4. The summed E-state index contributed by atoms with van der Waals surface area (Å²) in [5, 5.41) is 2.13. The fraction of sp³-hybridized carbons (Fsp3) is 0. The van der Waals surface area contributed by atoms with Crippen LogP contribution in [0.1, 0.15) is 0 Å². The van der Waals surface area contributed by atoms with Crippen molar-refractivity contribution in [1.29, 1.82) is 0 Å². The molecule has 12 nitrogen and oxygen atoms in total. The maximum atomic E-state index is 6.26. The van der Waals surface area contributed by atoms with Crippen LogP contribution in [0.5, 0.6) is 23.0 Å². The fourth-order valence-corrected chi connectivity index (χ4v) is 7.58. The van der Waals surface area contributed by atoms with E-state index in [2.05, 4.69) is 69.0 Å². The van der Waals surface area contributed by atoms with Crippen molar-refractivity contribution in [2.45, 2.75) is 0 Å². The zero-order valence-electron chi connectivity index (χ0n) is 34.1. The molecule has 12 aromatic rings. The van der Waals surface area contributed by atoms with Crippen LogP contribution in [0.15, 0.2) is 171 Å². The minimum atomic E-state index is 0. The predicted molar refractivity (Wildman–Crippen MR) is 236 cm³/mol. The van der Waals surface area contributed by atoms with E-state index < -0.39 is 0 Å². The van der Waals surface area contributed by atoms with Gasteiger partial charge >= 0.3 is 0 Å². The summed E-state index contributed by atoms with van der Waals surface area (Å²) in [5.74, 6) is 2.99. The zero-order chi connectivity index (χ0) is 42.4. The standard InChI is InChI=1S/C52H28N10O2.2Pt/c1-3-11-43-35(9-1)17-19-51(57-43)61-33-59(47-13-5-7-15-49(47)61)37-25-41(31-53-29-37)63-39-21-23-55-45(27-39)46-28-40(22-24-56-46)64-42-26-38(30-54-32-42)60-34-62(50-16-8-6-14-48(50)60)52-20-18-36-10-2-4-12-44(36)58-52;;/h1-24,29-32H;;/q-4;;. The molecular weight excluding hydrogens is 1190 g/mol. The molecule has 8 heterocycles. The van der Waals surface area contributed by atoms with Crippen LogP contribution < -0.4 is 18.6 Å². The van der Waals surface area contributed by atoms with E-state index >= 15 is 0 Å². The molecule has 0 amide bonds. The second kappa shape index (κ2) is 18.0. The van der Waals surface area contributed by atoms with Crippen molar-refractivity contribution in [3.8, 4) is 57.4 Å². The van der Waals surface area contributed by atoms with E-state index in [1.807, 2.05) is 127 Å². The molecule has 4 aromatic carbocycles. The summed E-state index contributed by atoms with van der Waals surface area (Å²) in [6, 6.07) is 56.7. The number of imidazole rings is 2. The van der Waals surface area contributed by atoms with Crippen molar-refractivity contribution in [2.75, 3.05) is 0 Å². The van der Waals surface area contributed by atoms with Crippen LogP contribution >= 0.6 is 0 Å². The van der Waals surface area contributed by atoms with Crippen LogP contribution in [0.25, 0.3) is 78.3 Å². The van der Waals surface area contributed by atoms with E-state index in [1.165, 1.54) is 0 Å². The molecule has 0 saturated carbocycles. The van der Waals surface area contributed by atoms with Gasteiger partial charge in [-0.1, -0.05) is 109 Å². The molecule has 0 unspecified atom stereocenters. The maximum absolute atomic E-state index is 6.26. The molecule has 8 aromatic heterocycles. The molecule has 0 fully saturated rings. The summed E-state index contributed by atoms with van der Waals surface area (Å²) >= 11 is 0. The molecule has 0 bridgehead atoms. The summed E-state index contributed by atoms with van der Waals surface area (Å²) in [6.45, 7) is 0.